The number of nitrogens with zero attached hydrogens (tertiary/aromatic N) is 1. The number of H-pyrrole nitrogens is 1. The van der Waals surface area contributed by atoms with Gasteiger partial charge in [-0.1, -0.05) is 12.1 Å². The summed E-state index contributed by atoms with van der Waals surface area (Å²) < 4.78 is 23.3. The van der Waals surface area contributed by atoms with Gasteiger partial charge in [0, 0.05) is 56.8 Å². The van der Waals surface area contributed by atoms with Gasteiger partial charge in [-0.15, -0.1) is 0 Å². The number of piperidine rings is 1. The number of aromatic nitrogens is 1. The van der Waals surface area contributed by atoms with Crippen LogP contribution in [-0.4, -0.2) is 86.4 Å². The number of aryl methyl sites for hydroxylation is 1. The van der Waals surface area contributed by atoms with Gasteiger partial charge in [-0.2, -0.15) is 0 Å². The standard InChI is InChI=1S/C31H37N5O7/c1-20-26(6-8-32-20)30(38)36-11-7-27-28(18-36)42-19-21-4-3-5-23(14-21)43-25-16-22(15-24(17-25)41-13-12-40-2)29(37)33-9-10-34-31(39)35-27/h3-6,8,14-17,27-28,32H,7,9-13,18-19H2,1-2H3,(H,33,37)(H2,34,35,39)/t27-,28-/m0/s1. The molecule has 4 N–H and O–H groups in total. The Morgan fingerprint density at radius 2 is 1.91 bits per heavy atom. The number of ether oxygens (including phenoxy) is 4. The van der Waals surface area contributed by atoms with Crippen molar-refractivity contribution in [1.82, 2.24) is 25.8 Å². The summed E-state index contributed by atoms with van der Waals surface area (Å²) in [4.78, 5) is 43.8. The van der Waals surface area contributed by atoms with Crippen molar-refractivity contribution in [3.05, 3.63) is 77.1 Å². The van der Waals surface area contributed by atoms with Crippen LogP contribution in [0.2, 0.25) is 0 Å². The number of carbonyl (C=O) groups excluding carboxylic acids is 3. The summed E-state index contributed by atoms with van der Waals surface area (Å²) in [6, 6.07) is 13.5. The monoisotopic (exact) mass is 591 g/mol. The zero-order valence-corrected chi connectivity index (χ0v) is 24.3. The molecule has 2 aromatic carbocycles. The van der Waals surface area contributed by atoms with E-state index in [1.807, 2.05) is 31.2 Å². The molecule has 12 heteroatoms. The van der Waals surface area contributed by atoms with E-state index >= 15 is 0 Å². The molecule has 5 rings (SSSR count). The summed E-state index contributed by atoms with van der Waals surface area (Å²) in [6.07, 6.45) is 1.82. The summed E-state index contributed by atoms with van der Waals surface area (Å²) >= 11 is 0. The van der Waals surface area contributed by atoms with Gasteiger partial charge in [-0.25, -0.2) is 4.79 Å². The molecule has 2 atom stereocenters. The molecule has 1 aromatic heterocycles. The van der Waals surface area contributed by atoms with Crippen molar-refractivity contribution in [3.8, 4) is 17.2 Å². The summed E-state index contributed by atoms with van der Waals surface area (Å²) in [6.45, 7) is 4.02. The van der Waals surface area contributed by atoms with Crippen LogP contribution in [-0.2, 0) is 16.1 Å². The van der Waals surface area contributed by atoms with Crippen molar-refractivity contribution in [3.63, 3.8) is 0 Å². The number of hydrogen-bond acceptors (Lipinski definition) is 7. The SMILES string of the molecule is COCCOc1cc2cc(c1)C(=O)NCCNC(=O)N[C@H]1CCN(C(=O)c3cc[nH]c3C)C[C@@H]1OCc1cccc(c1)O2. The molecule has 2 aliphatic rings. The first-order valence-corrected chi connectivity index (χ1v) is 14.3. The predicted molar refractivity (Wildman–Crippen MR) is 158 cm³/mol. The number of benzene rings is 2. The third-order valence-corrected chi connectivity index (χ3v) is 7.34. The van der Waals surface area contributed by atoms with Gasteiger partial charge in [0.1, 0.15) is 23.9 Å². The lowest BCUT2D eigenvalue weighted by Crippen LogP contribution is -2.58. The zero-order valence-electron chi connectivity index (χ0n) is 24.3. The molecule has 3 aromatic rings. The predicted octanol–water partition coefficient (Wildman–Crippen LogP) is 2.98. The fraction of sp³-hybridized carbons (Fsp3) is 0.387. The second-order valence-corrected chi connectivity index (χ2v) is 10.5. The van der Waals surface area contributed by atoms with E-state index in [1.54, 1.807) is 42.5 Å². The van der Waals surface area contributed by atoms with E-state index in [0.717, 1.165) is 11.3 Å². The molecule has 12 nitrogen and oxygen atoms in total. The number of methoxy groups -OCH3 is 1. The molecule has 0 unspecified atom stereocenters. The molecule has 0 saturated carbocycles. The number of fused-ring (bicyclic) bond motifs is 5. The van der Waals surface area contributed by atoms with Crippen LogP contribution < -0.4 is 25.4 Å². The highest BCUT2D eigenvalue weighted by Crippen LogP contribution is 2.29. The van der Waals surface area contributed by atoms with Crippen LogP contribution >= 0.6 is 0 Å². The molecule has 0 spiro atoms. The van der Waals surface area contributed by atoms with Gasteiger partial charge in [0.2, 0.25) is 0 Å². The Bertz CT molecular complexity index is 1440. The summed E-state index contributed by atoms with van der Waals surface area (Å²) in [5.41, 5.74) is 2.62. The van der Waals surface area contributed by atoms with Crippen molar-refractivity contribution in [2.45, 2.75) is 32.1 Å². The fourth-order valence-corrected chi connectivity index (χ4v) is 5.09. The van der Waals surface area contributed by atoms with Gasteiger partial charge in [0.15, 0.2) is 0 Å². The van der Waals surface area contributed by atoms with Crippen molar-refractivity contribution in [2.24, 2.45) is 0 Å². The number of urea groups is 1. The topological polar surface area (TPSA) is 143 Å². The van der Waals surface area contributed by atoms with Gasteiger partial charge in [-0.3, -0.25) is 9.59 Å². The first-order chi connectivity index (χ1) is 20.9. The van der Waals surface area contributed by atoms with E-state index in [-0.39, 0.29) is 43.6 Å². The van der Waals surface area contributed by atoms with E-state index < -0.39 is 6.10 Å². The minimum atomic E-state index is -0.450. The molecular weight excluding hydrogens is 554 g/mol. The van der Waals surface area contributed by atoms with Crippen molar-refractivity contribution in [1.29, 1.82) is 0 Å². The van der Waals surface area contributed by atoms with Crippen LogP contribution in [0.4, 0.5) is 4.79 Å². The molecule has 43 heavy (non-hydrogen) atoms. The minimum Gasteiger partial charge on any atom is -0.491 e. The highest BCUT2D eigenvalue weighted by atomic mass is 16.5. The van der Waals surface area contributed by atoms with Crippen LogP contribution in [0.3, 0.4) is 0 Å². The van der Waals surface area contributed by atoms with Crippen molar-refractivity contribution in [2.75, 3.05) is 46.5 Å². The van der Waals surface area contributed by atoms with Crippen molar-refractivity contribution >= 4 is 17.8 Å². The minimum absolute atomic E-state index is 0.0800. The number of likely N-dealkylation sites (tertiary alicyclic amines) is 1. The molecule has 4 bridgehead atoms. The third-order valence-electron chi connectivity index (χ3n) is 7.34. The molecule has 1 fully saturated rings. The lowest BCUT2D eigenvalue weighted by Gasteiger charge is -2.38. The van der Waals surface area contributed by atoms with Crippen molar-refractivity contribution < 1.29 is 33.3 Å². The molecule has 4 amide bonds. The molecule has 0 aliphatic carbocycles. The molecule has 0 radical (unpaired) electrons. The van der Waals surface area contributed by atoms with Crippen LogP contribution in [0.25, 0.3) is 0 Å². The summed E-state index contributed by atoms with van der Waals surface area (Å²) in [7, 11) is 1.58. The Balaban J connectivity index is 1.37. The largest absolute Gasteiger partial charge is 0.491 e. The maximum atomic E-state index is 13.2. The third kappa shape index (κ3) is 7.85. The van der Waals surface area contributed by atoms with Gasteiger partial charge in [-0.05, 0) is 49.2 Å². The maximum Gasteiger partial charge on any atom is 0.315 e. The first kappa shape index (κ1) is 29.9. The molecule has 1 saturated heterocycles. The maximum absolute atomic E-state index is 13.2. The zero-order chi connectivity index (χ0) is 30.2. The van der Waals surface area contributed by atoms with Gasteiger partial charge in [0.25, 0.3) is 11.8 Å². The van der Waals surface area contributed by atoms with E-state index in [1.165, 1.54) is 0 Å². The first-order valence-electron chi connectivity index (χ1n) is 14.3. The summed E-state index contributed by atoms with van der Waals surface area (Å²) in [5, 5.41) is 8.61. The van der Waals surface area contributed by atoms with Crippen LogP contribution in [0.1, 0.15) is 38.4 Å². The van der Waals surface area contributed by atoms with E-state index in [0.29, 0.717) is 61.1 Å². The lowest BCUT2D eigenvalue weighted by molar-refractivity contribution is -0.0235. The van der Waals surface area contributed by atoms with Gasteiger partial charge >= 0.3 is 6.03 Å². The van der Waals surface area contributed by atoms with Gasteiger partial charge < -0.3 is 44.8 Å². The number of nitrogens with one attached hydrogen (secondary N) is 4. The quantitative estimate of drug-likeness (QED) is 0.334. The van der Waals surface area contributed by atoms with Crippen LogP contribution in [0, 0.1) is 6.92 Å². The van der Waals surface area contributed by atoms with E-state index in [9.17, 15) is 14.4 Å². The number of hydrogen-bond donors (Lipinski definition) is 4. The molecular formula is C31H37N5O7. The number of carbonyl (C=O) groups is 3. The smallest absolute Gasteiger partial charge is 0.315 e. The van der Waals surface area contributed by atoms with Gasteiger partial charge in [0.05, 0.1) is 30.9 Å². The highest BCUT2D eigenvalue weighted by Gasteiger charge is 2.34. The Labute approximate surface area is 250 Å². The average Bonchev–Trinajstić information content (AvgIpc) is 3.43. The van der Waals surface area contributed by atoms with E-state index in [2.05, 4.69) is 20.9 Å². The average molecular weight is 592 g/mol. The normalized spacial score (nSPS) is 19.4. The highest BCUT2D eigenvalue weighted by molar-refractivity contribution is 5.96. The number of rotatable bonds is 5. The molecule has 3 heterocycles. The fourth-order valence-electron chi connectivity index (χ4n) is 5.09. The Hall–Kier alpha value is -4.55. The Morgan fingerprint density at radius 1 is 1.05 bits per heavy atom. The number of aromatic amines is 1. The molecule has 2 aliphatic heterocycles. The van der Waals surface area contributed by atoms with E-state index in [4.69, 9.17) is 18.9 Å². The second-order valence-electron chi connectivity index (χ2n) is 10.5. The summed E-state index contributed by atoms with van der Waals surface area (Å²) in [5.74, 6) is 1.03. The number of amides is 4. The lowest BCUT2D eigenvalue weighted by atomic mass is 10.0. The van der Waals surface area contributed by atoms with Crippen LogP contribution in [0.5, 0.6) is 17.2 Å². The van der Waals surface area contributed by atoms with Crippen LogP contribution in [0.15, 0.2) is 54.7 Å². The molecule has 228 valence electrons. The Kier molecular flexibility index (Phi) is 9.80. The second kappa shape index (κ2) is 14.1. The Morgan fingerprint density at radius 3 is 2.72 bits per heavy atom.